The van der Waals surface area contributed by atoms with Gasteiger partial charge < -0.3 is 18.7 Å². The summed E-state index contributed by atoms with van der Waals surface area (Å²) >= 11 is 0. The Morgan fingerprint density at radius 3 is 2.33 bits per heavy atom. The van der Waals surface area contributed by atoms with Crippen LogP contribution < -0.4 is 18.9 Å². The first-order valence-corrected chi connectivity index (χ1v) is 9.30. The molecule has 0 spiro atoms. The Bertz CT molecular complexity index is 1030. The fraction of sp³-hybridized carbons (Fsp3) is 0.167. The standard InChI is InChI=1S/C18H18N2O6S/c1-23-13-5-6-14(16(11-13)24-2)20-27(21,22)18-7-4-12(10-17(18)25-3)15-8-9-19-26-15/h4-11,20H,1-3H3. The van der Waals surface area contributed by atoms with Gasteiger partial charge in [0.05, 0.1) is 33.2 Å². The molecular weight excluding hydrogens is 372 g/mol. The summed E-state index contributed by atoms with van der Waals surface area (Å²) < 4.78 is 49.0. The second kappa shape index (κ2) is 7.58. The van der Waals surface area contributed by atoms with Gasteiger partial charge in [-0.1, -0.05) is 5.16 Å². The van der Waals surface area contributed by atoms with Gasteiger partial charge in [0.2, 0.25) is 0 Å². The largest absolute Gasteiger partial charge is 0.497 e. The quantitative estimate of drug-likeness (QED) is 0.661. The number of methoxy groups -OCH3 is 3. The van der Waals surface area contributed by atoms with E-state index in [4.69, 9.17) is 18.7 Å². The molecule has 27 heavy (non-hydrogen) atoms. The molecule has 0 unspecified atom stereocenters. The molecule has 0 radical (unpaired) electrons. The lowest BCUT2D eigenvalue weighted by Crippen LogP contribution is -2.14. The minimum Gasteiger partial charge on any atom is -0.497 e. The van der Waals surface area contributed by atoms with Gasteiger partial charge in [0.15, 0.2) is 5.76 Å². The van der Waals surface area contributed by atoms with Gasteiger partial charge in [-0.05, 0) is 30.3 Å². The van der Waals surface area contributed by atoms with Crippen LogP contribution >= 0.6 is 0 Å². The van der Waals surface area contributed by atoms with Gasteiger partial charge in [0, 0.05) is 17.7 Å². The molecule has 0 amide bonds. The van der Waals surface area contributed by atoms with Crippen molar-refractivity contribution in [2.45, 2.75) is 4.90 Å². The molecular formula is C18H18N2O6S. The average molecular weight is 390 g/mol. The Kier molecular flexibility index (Phi) is 5.22. The summed E-state index contributed by atoms with van der Waals surface area (Å²) in [5.74, 6) is 1.55. The lowest BCUT2D eigenvalue weighted by molar-refractivity contribution is 0.395. The van der Waals surface area contributed by atoms with E-state index in [0.29, 0.717) is 22.8 Å². The maximum Gasteiger partial charge on any atom is 0.265 e. The van der Waals surface area contributed by atoms with E-state index in [1.165, 1.54) is 33.6 Å². The molecule has 1 heterocycles. The van der Waals surface area contributed by atoms with Crippen LogP contribution in [0, 0.1) is 0 Å². The van der Waals surface area contributed by atoms with Crippen molar-refractivity contribution in [3.05, 3.63) is 48.7 Å². The van der Waals surface area contributed by atoms with Crippen molar-refractivity contribution < 1.29 is 27.2 Å². The first-order valence-electron chi connectivity index (χ1n) is 7.82. The Morgan fingerprint density at radius 1 is 0.926 bits per heavy atom. The summed E-state index contributed by atoms with van der Waals surface area (Å²) in [4.78, 5) is -0.0221. The van der Waals surface area contributed by atoms with Crippen LogP contribution in [-0.4, -0.2) is 34.9 Å². The number of nitrogens with zero attached hydrogens (tertiary/aromatic N) is 1. The molecule has 0 saturated carbocycles. The van der Waals surface area contributed by atoms with E-state index in [-0.39, 0.29) is 16.3 Å². The lowest BCUT2D eigenvalue weighted by atomic mass is 10.1. The highest BCUT2D eigenvalue weighted by Gasteiger charge is 2.22. The van der Waals surface area contributed by atoms with E-state index in [1.54, 1.807) is 36.4 Å². The molecule has 0 fully saturated rings. The molecule has 8 nitrogen and oxygen atoms in total. The maximum atomic E-state index is 12.9. The van der Waals surface area contributed by atoms with Gasteiger partial charge in [-0.25, -0.2) is 8.42 Å². The highest BCUT2D eigenvalue weighted by Crippen LogP contribution is 2.34. The average Bonchev–Trinajstić information content (AvgIpc) is 3.22. The Hall–Kier alpha value is -3.20. The van der Waals surface area contributed by atoms with E-state index in [9.17, 15) is 8.42 Å². The zero-order valence-electron chi connectivity index (χ0n) is 14.9. The summed E-state index contributed by atoms with van der Waals surface area (Å²) in [5, 5.41) is 3.64. The molecule has 0 aliphatic rings. The number of ether oxygens (including phenoxy) is 3. The molecule has 0 bridgehead atoms. The summed E-state index contributed by atoms with van der Waals surface area (Å²) in [6.07, 6.45) is 1.50. The third-order valence-electron chi connectivity index (χ3n) is 3.83. The normalized spacial score (nSPS) is 11.1. The Morgan fingerprint density at radius 2 is 1.70 bits per heavy atom. The van der Waals surface area contributed by atoms with E-state index in [2.05, 4.69) is 9.88 Å². The van der Waals surface area contributed by atoms with E-state index in [0.717, 1.165) is 0 Å². The van der Waals surface area contributed by atoms with E-state index < -0.39 is 10.0 Å². The monoisotopic (exact) mass is 390 g/mol. The lowest BCUT2D eigenvalue weighted by Gasteiger charge is -2.15. The molecule has 142 valence electrons. The highest BCUT2D eigenvalue weighted by atomic mass is 32.2. The number of sulfonamides is 1. The SMILES string of the molecule is COc1ccc(NS(=O)(=O)c2ccc(-c3ccno3)cc2OC)c(OC)c1. The summed E-state index contributed by atoms with van der Waals surface area (Å²) in [7, 11) is 0.417. The molecule has 0 aliphatic heterocycles. The molecule has 0 saturated heterocycles. The fourth-order valence-corrected chi connectivity index (χ4v) is 3.71. The second-order valence-electron chi connectivity index (χ2n) is 5.41. The molecule has 3 rings (SSSR count). The predicted molar refractivity (Wildman–Crippen MR) is 98.8 cm³/mol. The Balaban J connectivity index is 1.98. The van der Waals surface area contributed by atoms with Crippen molar-refractivity contribution in [2.75, 3.05) is 26.1 Å². The van der Waals surface area contributed by atoms with E-state index in [1.807, 2.05) is 0 Å². The van der Waals surface area contributed by atoms with Crippen molar-refractivity contribution >= 4 is 15.7 Å². The minimum absolute atomic E-state index is 0.0221. The topological polar surface area (TPSA) is 99.9 Å². The molecule has 9 heteroatoms. The van der Waals surface area contributed by atoms with Crippen molar-refractivity contribution in [3.8, 4) is 28.6 Å². The smallest absolute Gasteiger partial charge is 0.265 e. The van der Waals surface area contributed by atoms with Crippen molar-refractivity contribution in [1.82, 2.24) is 5.16 Å². The molecule has 1 aromatic heterocycles. The third-order valence-corrected chi connectivity index (χ3v) is 5.23. The minimum atomic E-state index is -3.94. The van der Waals surface area contributed by atoms with Crippen LogP contribution in [0.2, 0.25) is 0 Å². The first kappa shape index (κ1) is 18.6. The molecule has 0 aliphatic carbocycles. The van der Waals surface area contributed by atoms with Crippen molar-refractivity contribution in [3.63, 3.8) is 0 Å². The summed E-state index contributed by atoms with van der Waals surface area (Å²) in [6, 6.07) is 11.1. The van der Waals surface area contributed by atoms with Gasteiger partial charge >= 0.3 is 0 Å². The number of hydrogen-bond donors (Lipinski definition) is 1. The van der Waals surface area contributed by atoms with Crippen LogP contribution in [0.3, 0.4) is 0 Å². The molecule has 3 aromatic rings. The van der Waals surface area contributed by atoms with Crippen LogP contribution in [0.15, 0.2) is 58.1 Å². The molecule has 1 N–H and O–H groups in total. The van der Waals surface area contributed by atoms with E-state index >= 15 is 0 Å². The predicted octanol–water partition coefficient (Wildman–Crippen LogP) is 3.17. The number of nitrogens with one attached hydrogen (secondary N) is 1. The zero-order valence-corrected chi connectivity index (χ0v) is 15.7. The van der Waals surface area contributed by atoms with Crippen LogP contribution in [0.4, 0.5) is 5.69 Å². The van der Waals surface area contributed by atoms with Gasteiger partial charge in [0.25, 0.3) is 10.0 Å². The number of benzene rings is 2. The van der Waals surface area contributed by atoms with Crippen LogP contribution in [-0.2, 0) is 10.0 Å². The summed E-state index contributed by atoms with van der Waals surface area (Å²) in [6.45, 7) is 0. The third kappa shape index (κ3) is 3.82. The van der Waals surface area contributed by atoms with Gasteiger partial charge in [-0.15, -0.1) is 0 Å². The van der Waals surface area contributed by atoms with Gasteiger partial charge in [-0.2, -0.15) is 0 Å². The Labute approximate surface area is 156 Å². The van der Waals surface area contributed by atoms with Gasteiger partial charge in [0.1, 0.15) is 22.1 Å². The second-order valence-corrected chi connectivity index (χ2v) is 7.06. The van der Waals surface area contributed by atoms with Crippen molar-refractivity contribution in [2.24, 2.45) is 0 Å². The first-order chi connectivity index (χ1) is 13.0. The zero-order chi connectivity index (χ0) is 19.4. The maximum absolute atomic E-state index is 12.9. The molecule has 2 aromatic carbocycles. The van der Waals surface area contributed by atoms with Crippen LogP contribution in [0.5, 0.6) is 17.2 Å². The van der Waals surface area contributed by atoms with Crippen LogP contribution in [0.1, 0.15) is 0 Å². The highest BCUT2D eigenvalue weighted by molar-refractivity contribution is 7.92. The number of rotatable bonds is 7. The van der Waals surface area contributed by atoms with Crippen LogP contribution in [0.25, 0.3) is 11.3 Å². The number of aromatic nitrogens is 1. The fourth-order valence-electron chi connectivity index (χ4n) is 2.49. The number of hydrogen-bond acceptors (Lipinski definition) is 7. The van der Waals surface area contributed by atoms with Gasteiger partial charge in [-0.3, -0.25) is 4.72 Å². The number of anilines is 1. The summed E-state index contributed by atoms with van der Waals surface area (Å²) in [5.41, 5.74) is 0.921. The molecule has 0 atom stereocenters. The van der Waals surface area contributed by atoms with Crippen molar-refractivity contribution in [1.29, 1.82) is 0 Å².